The van der Waals surface area contributed by atoms with E-state index in [1.165, 1.54) is 6.26 Å². The van der Waals surface area contributed by atoms with Crippen molar-refractivity contribution in [3.8, 4) is 0 Å². The second-order valence-electron chi connectivity index (χ2n) is 2.15. The van der Waals surface area contributed by atoms with Gasteiger partial charge in [0.15, 0.2) is 0 Å². The van der Waals surface area contributed by atoms with E-state index in [1.54, 1.807) is 0 Å². The minimum Gasteiger partial charge on any atom is -0.502 e. The second kappa shape index (κ2) is 9.46. The van der Waals surface area contributed by atoms with Gasteiger partial charge in [-0.1, -0.05) is 6.58 Å². The van der Waals surface area contributed by atoms with Gasteiger partial charge < -0.3 is 15.2 Å². The van der Waals surface area contributed by atoms with Crippen LogP contribution in [-0.2, 0) is 9.47 Å². The van der Waals surface area contributed by atoms with Gasteiger partial charge in [-0.25, -0.2) is 0 Å². The van der Waals surface area contributed by atoms with Crippen LogP contribution in [0.3, 0.4) is 0 Å². The number of unbranched alkanes of at least 4 members (excludes halogenated alkanes) is 1. The molecule has 0 atom stereocenters. The normalized spacial score (nSPS) is 9.55. The molecule has 0 radical (unpaired) electrons. The van der Waals surface area contributed by atoms with Gasteiger partial charge in [-0.2, -0.15) is 0 Å². The zero-order valence-corrected chi connectivity index (χ0v) is 6.92. The Labute approximate surface area is 68.2 Å². The van der Waals surface area contributed by atoms with Gasteiger partial charge in [-0.15, -0.1) is 0 Å². The molecule has 0 heterocycles. The maximum atomic E-state index is 5.23. The van der Waals surface area contributed by atoms with Crippen LogP contribution in [0.4, 0.5) is 0 Å². The molecular formula is C8H17NO2. The molecule has 3 nitrogen and oxygen atoms in total. The molecule has 0 aromatic rings. The Kier molecular flexibility index (Phi) is 9.00. The minimum atomic E-state index is 0.600. The Morgan fingerprint density at radius 2 is 1.91 bits per heavy atom. The molecule has 66 valence electrons. The Morgan fingerprint density at radius 3 is 2.55 bits per heavy atom. The van der Waals surface area contributed by atoms with Crippen LogP contribution in [0.5, 0.6) is 0 Å². The zero-order chi connectivity index (χ0) is 8.36. The maximum Gasteiger partial charge on any atom is 0.0873 e. The first kappa shape index (κ1) is 10.5. The Morgan fingerprint density at radius 1 is 1.18 bits per heavy atom. The van der Waals surface area contributed by atoms with Crippen molar-refractivity contribution in [1.82, 2.24) is 0 Å². The lowest BCUT2D eigenvalue weighted by Gasteiger charge is -2.01. The number of nitrogens with two attached hydrogens (primary N) is 1. The van der Waals surface area contributed by atoms with Crippen molar-refractivity contribution in [2.45, 2.75) is 12.8 Å². The van der Waals surface area contributed by atoms with Gasteiger partial charge in [0.2, 0.25) is 0 Å². The number of rotatable bonds is 8. The van der Waals surface area contributed by atoms with E-state index in [4.69, 9.17) is 15.2 Å². The third-order valence-corrected chi connectivity index (χ3v) is 1.18. The molecule has 0 aromatic carbocycles. The fraction of sp³-hybridized carbons (Fsp3) is 0.750. The molecule has 0 fully saturated rings. The summed E-state index contributed by atoms with van der Waals surface area (Å²) in [6, 6.07) is 0. The molecule has 2 N–H and O–H groups in total. The fourth-order valence-electron chi connectivity index (χ4n) is 0.658. The van der Waals surface area contributed by atoms with Crippen molar-refractivity contribution in [2.75, 3.05) is 26.4 Å². The van der Waals surface area contributed by atoms with Crippen molar-refractivity contribution in [1.29, 1.82) is 0 Å². The highest BCUT2D eigenvalue weighted by atomic mass is 16.5. The summed E-state index contributed by atoms with van der Waals surface area (Å²) in [7, 11) is 0. The van der Waals surface area contributed by atoms with Crippen molar-refractivity contribution < 1.29 is 9.47 Å². The highest BCUT2D eigenvalue weighted by Crippen LogP contribution is 1.90. The van der Waals surface area contributed by atoms with Gasteiger partial charge in [0.25, 0.3) is 0 Å². The number of hydrogen-bond donors (Lipinski definition) is 1. The van der Waals surface area contributed by atoms with Crippen LogP contribution in [0, 0.1) is 0 Å². The van der Waals surface area contributed by atoms with E-state index in [2.05, 4.69) is 6.58 Å². The fourth-order valence-corrected chi connectivity index (χ4v) is 0.658. The lowest BCUT2D eigenvalue weighted by atomic mass is 10.3. The summed E-state index contributed by atoms with van der Waals surface area (Å²) in [5.41, 5.74) is 5.23. The van der Waals surface area contributed by atoms with Crippen LogP contribution in [-0.4, -0.2) is 26.4 Å². The molecule has 0 amide bonds. The molecule has 0 aliphatic heterocycles. The molecule has 0 saturated carbocycles. The highest BCUT2D eigenvalue weighted by molar-refractivity contribution is 4.48. The monoisotopic (exact) mass is 159 g/mol. The SMILES string of the molecule is C=COCCCCOCCN. The topological polar surface area (TPSA) is 44.5 Å². The quantitative estimate of drug-likeness (QED) is 0.423. The first-order chi connectivity index (χ1) is 5.41. The van der Waals surface area contributed by atoms with E-state index < -0.39 is 0 Å². The van der Waals surface area contributed by atoms with Crippen molar-refractivity contribution >= 4 is 0 Å². The van der Waals surface area contributed by atoms with Crippen LogP contribution in [0.2, 0.25) is 0 Å². The van der Waals surface area contributed by atoms with Crippen molar-refractivity contribution in [3.05, 3.63) is 12.8 Å². The van der Waals surface area contributed by atoms with Crippen molar-refractivity contribution in [2.24, 2.45) is 5.73 Å². The average molecular weight is 159 g/mol. The van der Waals surface area contributed by atoms with E-state index in [0.29, 0.717) is 13.2 Å². The summed E-state index contributed by atoms with van der Waals surface area (Å²) in [5, 5.41) is 0. The van der Waals surface area contributed by atoms with E-state index in [1.807, 2.05) is 0 Å². The summed E-state index contributed by atoms with van der Waals surface area (Å²) in [6.45, 7) is 6.20. The molecule has 0 unspecified atom stereocenters. The molecule has 0 bridgehead atoms. The van der Waals surface area contributed by atoms with Gasteiger partial charge in [0.05, 0.1) is 19.5 Å². The lowest BCUT2D eigenvalue weighted by molar-refractivity contribution is 0.130. The van der Waals surface area contributed by atoms with Crippen LogP contribution in [0.25, 0.3) is 0 Å². The van der Waals surface area contributed by atoms with Crippen LogP contribution in [0.15, 0.2) is 12.8 Å². The molecule has 0 spiro atoms. The number of hydrogen-bond acceptors (Lipinski definition) is 3. The Balaban J connectivity index is 2.74. The minimum absolute atomic E-state index is 0.600. The second-order valence-corrected chi connectivity index (χ2v) is 2.15. The molecular weight excluding hydrogens is 142 g/mol. The zero-order valence-electron chi connectivity index (χ0n) is 6.92. The predicted molar refractivity (Wildman–Crippen MR) is 45.3 cm³/mol. The maximum absolute atomic E-state index is 5.23. The molecule has 0 aromatic heterocycles. The van der Waals surface area contributed by atoms with Gasteiger partial charge in [-0.3, -0.25) is 0 Å². The van der Waals surface area contributed by atoms with Gasteiger partial charge >= 0.3 is 0 Å². The third-order valence-electron chi connectivity index (χ3n) is 1.18. The van der Waals surface area contributed by atoms with Crippen LogP contribution in [0.1, 0.15) is 12.8 Å². The standard InChI is InChI=1S/C8H17NO2/c1-2-10-6-3-4-7-11-8-5-9/h2H,1,3-9H2. The first-order valence-corrected chi connectivity index (χ1v) is 3.92. The summed E-state index contributed by atoms with van der Waals surface area (Å²) in [6.07, 6.45) is 3.49. The lowest BCUT2D eigenvalue weighted by Crippen LogP contribution is -2.09. The van der Waals surface area contributed by atoms with Gasteiger partial charge in [0.1, 0.15) is 0 Å². The first-order valence-electron chi connectivity index (χ1n) is 3.92. The molecule has 0 saturated heterocycles. The van der Waals surface area contributed by atoms with Crippen LogP contribution >= 0.6 is 0 Å². The Hall–Kier alpha value is -0.540. The molecule has 0 aliphatic rings. The van der Waals surface area contributed by atoms with E-state index >= 15 is 0 Å². The van der Waals surface area contributed by atoms with E-state index in [0.717, 1.165) is 26.1 Å². The predicted octanol–water partition coefficient (Wildman–Crippen LogP) is 0.902. The Bertz CT molecular complexity index is 86.2. The van der Waals surface area contributed by atoms with Crippen molar-refractivity contribution in [3.63, 3.8) is 0 Å². The van der Waals surface area contributed by atoms with Gasteiger partial charge in [-0.05, 0) is 12.8 Å². The molecule has 11 heavy (non-hydrogen) atoms. The van der Waals surface area contributed by atoms with E-state index in [9.17, 15) is 0 Å². The van der Waals surface area contributed by atoms with Gasteiger partial charge in [0, 0.05) is 13.2 Å². The molecule has 3 heteroatoms. The average Bonchev–Trinajstić information content (AvgIpc) is 2.03. The summed E-state index contributed by atoms with van der Waals surface area (Å²) in [4.78, 5) is 0. The summed E-state index contributed by atoms with van der Waals surface area (Å²) in [5.74, 6) is 0. The third kappa shape index (κ3) is 9.46. The smallest absolute Gasteiger partial charge is 0.0873 e. The summed E-state index contributed by atoms with van der Waals surface area (Å²) >= 11 is 0. The van der Waals surface area contributed by atoms with E-state index in [-0.39, 0.29) is 0 Å². The molecule has 0 rings (SSSR count). The summed E-state index contributed by atoms with van der Waals surface area (Å²) < 4.78 is 10.1. The molecule has 0 aliphatic carbocycles. The largest absolute Gasteiger partial charge is 0.502 e. The number of ether oxygens (including phenoxy) is 2. The van der Waals surface area contributed by atoms with Crippen LogP contribution < -0.4 is 5.73 Å². The highest BCUT2D eigenvalue weighted by Gasteiger charge is 1.87.